The lowest BCUT2D eigenvalue weighted by atomic mass is 10.0. The number of nitriles is 1. The largest absolute Gasteiger partial charge is 0.334 e. The maximum Gasteiger partial charge on any atom is 0.252 e. The number of nitrogens with zero attached hydrogens (tertiary/aromatic N) is 1. The van der Waals surface area contributed by atoms with E-state index in [2.05, 4.69) is 34.0 Å². The summed E-state index contributed by atoms with van der Waals surface area (Å²) in [7, 11) is 0. The highest BCUT2D eigenvalue weighted by Crippen LogP contribution is 2.20. The molecule has 1 N–H and O–H groups in total. The third-order valence-corrected chi connectivity index (χ3v) is 4.10. The van der Waals surface area contributed by atoms with E-state index in [1.54, 1.807) is 25.1 Å². The lowest BCUT2D eigenvalue weighted by Gasteiger charge is -2.21. The van der Waals surface area contributed by atoms with Crippen LogP contribution in [0.15, 0.2) is 18.2 Å². The monoisotopic (exact) mass is 362 g/mol. The number of hydrogen-bond acceptors (Lipinski definition) is 2. The van der Waals surface area contributed by atoms with Gasteiger partial charge in [-0.25, -0.2) is 0 Å². The van der Waals surface area contributed by atoms with Crippen molar-refractivity contribution in [1.29, 1.82) is 5.26 Å². The predicted octanol–water partition coefficient (Wildman–Crippen LogP) is 3.37. The van der Waals surface area contributed by atoms with Crippen LogP contribution in [0.3, 0.4) is 0 Å². The molecule has 0 aromatic heterocycles. The zero-order valence-electron chi connectivity index (χ0n) is 9.55. The van der Waals surface area contributed by atoms with Crippen LogP contribution in [0.25, 0.3) is 0 Å². The van der Waals surface area contributed by atoms with Gasteiger partial charge in [-0.1, -0.05) is 18.5 Å². The minimum absolute atomic E-state index is 0.283. The molecule has 1 aromatic carbocycles. The van der Waals surface area contributed by atoms with Crippen molar-refractivity contribution in [2.75, 3.05) is 0 Å². The summed E-state index contributed by atoms with van der Waals surface area (Å²) in [6.07, 6.45) is 0.549. The Morgan fingerprint density at radius 2 is 2.29 bits per heavy atom. The van der Waals surface area contributed by atoms with Crippen molar-refractivity contribution in [3.05, 3.63) is 32.4 Å². The van der Waals surface area contributed by atoms with Crippen LogP contribution in [0.2, 0.25) is 5.02 Å². The number of benzene rings is 1. The fourth-order valence-corrected chi connectivity index (χ4v) is 1.67. The summed E-state index contributed by atoms with van der Waals surface area (Å²) in [4.78, 5) is 11.9. The van der Waals surface area contributed by atoms with Crippen LogP contribution in [-0.2, 0) is 0 Å². The number of carbonyl (C=O) groups excluding carboxylic acids is 1. The first-order chi connectivity index (χ1) is 7.91. The number of halogens is 2. The van der Waals surface area contributed by atoms with Gasteiger partial charge in [0.2, 0.25) is 0 Å². The quantitative estimate of drug-likeness (QED) is 0.838. The van der Waals surface area contributed by atoms with Gasteiger partial charge in [0.15, 0.2) is 0 Å². The second kappa shape index (κ2) is 5.69. The van der Waals surface area contributed by atoms with Crippen LogP contribution in [0.4, 0.5) is 0 Å². The number of carbonyl (C=O) groups is 1. The van der Waals surface area contributed by atoms with Gasteiger partial charge < -0.3 is 5.32 Å². The molecule has 0 saturated carbocycles. The Morgan fingerprint density at radius 1 is 1.65 bits per heavy atom. The zero-order chi connectivity index (χ0) is 13.1. The smallest absolute Gasteiger partial charge is 0.252 e. The topological polar surface area (TPSA) is 52.9 Å². The molecule has 5 heteroatoms. The molecule has 1 amide bonds. The van der Waals surface area contributed by atoms with E-state index in [4.69, 9.17) is 16.9 Å². The molecule has 1 rings (SSSR count). The summed E-state index contributed by atoms with van der Waals surface area (Å²) in [5, 5.41) is 12.2. The Kier molecular flexibility index (Phi) is 4.78. The van der Waals surface area contributed by atoms with Crippen LogP contribution < -0.4 is 5.32 Å². The van der Waals surface area contributed by atoms with Crippen LogP contribution in [0.1, 0.15) is 30.6 Å². The molecule has 0 radical (unpaired) electrons. The molecule has 3 nitrogen and oxygen atoms in total. The predicted molar refractivity (Wildman–Crippen MR) is 75.9 cm³/mol. The van der Waals surface area contributed by atoms with Crippen LogP contribution in [-0.4, -0.2) is 11.4 Å². The van der Waals surface area contributed by atoms with Gasteiger partial charge in [-0.15, -0.1) is 0 Å². The maximum absolute atomic E-state index is 11.9. The molecule has 0 bridgehead atoms. The van der Waals surface area contributed by atoms with Gasteiger partial charge >= 0.3 is 0 Å². The second-order valence-corrected chi connectivity index (χ2v) is 5.45. The Bertz CT molecular complexity index is 484. The maximum atomic E-state index is 11.9. The summed E-state index contributed by atoms with van der Waals surface area (Å²) in [6, 6.07) is 7.15. The van der Waals surface area contributed by atoms with Crippen molar-refractivity contribution in [2.45, 2.75) is 25.8 Å². The van der Waals surface area contributed by atoms with E-state index >= 15 is 0 Å². The number of nitrogens with one attached hydrogen (secondary N) is 1. The first-order valence-electron chi connectivity index (χ1n) is 5.10. The summed E-state index contributed by atoms with van der Waals surface area (Å²) in [5.74, 6) is -0.283. The van der Waals surface area contributed by atoms with Gasteiger partial charge in [0.05, 0.1) is 11.1 Å². The molecule has 17 heavy (non-hydrogen) atoms. The van der Waals surface area contributed by atoms with E-state index in [0.717, 1.165) is 3.57 Å². The lowest BCUT2D eigenvalue weighted by molar-refractivity contribution is 0.0923. The SMILES string of the molecule is CCC(C)(C#N)NC(=O)c1ccc(I)c(Cl)c1. The Hall–Kier alpha value is -0.800. The molecular formula is C12H12ClIN2O. The van der Waals surface area contributed by atoms with Crippen LogP contribution >= 0.6 is 34.2 Å². The minimum atomic E-state index is -0.841. The third-order valence-electron chi connectivity index (χ3n) is 2.53. The summed E-state index contributed by atoms with van der Waals surface area (Å²) < 4.78 is 0.888. The molecule has 90 valence electrons. The third kappa shape index (κ3) is 3.58. The van der Waals surface area contributed by atoms with Crippen LogP contribution in [0, 0.1) is 14.9 Å². The van der Waals surface area contributed by atoms with Crippen molar-refractivity contribution < 1.29 is 4.79 Å². The summed E-state index contributed by atoms with van der Waals surface area (Å²) in [6.45, 7) is 3.55. The fraction of sp³-hybridized carbons (Fsp3) is 0.333. The highest BCUT2D eigenvalue weighted by atomic mass is 127. The van der Waals surface area contributed by atoms with E-state index in [-0.39, 0.29) is 5.91 Å². The van der Waals surface area contributed by atoms with Crippen molar-refractivity contribution in [2.24, 2.45) is 0 Å². The van der Waals surface area contributed by atoms with Gasteiger partial charge in [0, 0.05) is 9.13 Å². The van der Waals surface area contributed by atoms with Crippen molar-refractivity contribution in [1.82, 2.24) is 5.32 Å². The fourth-order valence-electron chi connectivity index (χ4n) is 1.16. The molecule has 0 aliphatic carbocycles. The van der Waals surface area contributed by atoms with Gasteiger partial charge in [0.1, 0.15) is 5.54 Å². The number of amides is 1. The van der Waals surface area contributed by atoms with Crippen molar-refractivity contribution >= 4 is 40.1 Å². The normalized spacial score (nSPS) is 13.6. The first kappa shape index (κ1) is 14.3. The van der Waals surface area contributed by atoms with Crippen molar-refractivity contribution in [3.8, 4) is 6.07 Å². The number of hydrogen-bond donors (Lipinski definition) is 1. The molecule has 0 aliphatic rings. The van der Waals surface area contributed by atoms with E-state index in [1.807, 2.05) is 6.92 Å². The molecule has 1 aromatic rings. The lowest BCUT2D eigenvalue weighted by Crippen LogP contribution is -2.44. The zero-order valence-corrected chi connectivity index (χ0v) is 12.5. The Labute approximate surface area is 119 Å². The van der Waals surface area contributed by atoms with Gasteiger partial charge in [-0.2, -0.15) is 5.26 Å². The highest BCUT2D eigenvalue weighted by Gasteiger charge is 2.24. The van der Waals surface area contributed by atoms with E-state index in [1.165, 1.54) is 0 Å². The summed E-state index contributed by atoms with van der Waals surface area (Å²) in [5.41, 5.74) is -0.377. The van der Waals surface area contributed by atoms with Crippen molar-refractivity contribution in [3.63, 3.8) is 0 Å². The Morgan fingerprint density at radius 3 is 2.76 bits per heavy atom. The molecule has 0 saturated heterocycles. The van der Waals surface area contributed by atoms with E-state index in [0.29, 0.717) is 17.0 Å². The minimum Gasteiger partial charge on any atom is -0.334 e. The molecule has 0 aliphatic heterocycles. The molecule has 1 unspecified atom stereocenters. The standard InChI is InChI=1S/C12H12ClIN2O/c1-3-12(2,7-15)16-11(17)8-4-5-10(14)9(13)6-8/h4-6H,3H2,1-2H3,(H,16,17). The van der Waals surface area contributed by atoms with Crippen LogP contribution in [0.5, 0.6) is 0 Å². The van der Waals surface area contributed by atoms with Gasteiger partial charge in [-0.3, -0.25) is 4.79 Å². The van der Waals surface area contributed by atoms with E-state index in [9.17, 15) is 4.79 Å². The van der Waals surface area contributed by atoms with Gasteiger partial charge in [0.25, 0.3) is 5.91 Å². The average Bonchev–Trinajstić information content (AvgIpc) is 2.32. The number of rotatable bonds is 3. The van der Waals surface area contributed by atoms with E-state index < -0.39 is 5.54 Å². The molecule has 0 heterocycles. The average molecular weight is 363 g/mol. The molecule has 1 atom stereocenters. The second-order valence-electron chi connectivity index (χ2n) is 3.88. The molecule has 0 fully saturated rings. The molecular weight excluding hydrogens is 351 g/mol. The first-order valence-corrected chi connectivity index (χ1v) is 6.56. The van der Waals surface area contributed by atoms with Gasteiger partial charge in [-0.05, 0) is 54.1 Å². The molecule has 0 spiro atoms. The highest BCUT2D eigenvalue weighted by molar-refractivity contribution is 14.1. The summed E-state index contributed by atoms with van der Waals surface area (Å²) >= 11 is 8.04. The Balaban J connectivity index is 2.91.